The molecule has 0 unspecified atom stereocenters. The molecule has 1 aliphatic heterocycles. The van der Waals surface area contributed by atoms with Crippen molar-refractivity contribution in [1.82, 2.24) is 25.1 Å². The molecule has 158 valence electrons. The van der Waals surface area contributed by atoms with E-state index in [2.05, 4.69) is 31.5 Å². The molecule has 1 amide bonds. The maximum Gasteiger partial charge on any atom is 0.407 e. The summed E-state index contributed by atoms with van der Waals surface area (Å²) in [4.78, 5) is 20.7. The molecule has 1 aromatic carbocycles. The summed E-state index contributed by atoms with van der Waals surface area (Å²) >= 11 is 0. The Kier molecular flexibility index (Phi) is 5.66. The number of nitrogens with one attached hydrogen (secondary N) is 2. The second kappa shape index (κ2) is 8.71. The largest absolute Gasteiger partial charge is 0.496 e. The van der Waals surface area contributed by atoms with Gasteiger partial charge in [-0.3, -0.25) is 5.10 Å². The van der Waals surface area contributed by atoms with E-state index in [1.807, 2.05) is 24.3 Å². The van der Waals surface area contributed by atoms with Crippen LogP contribution in [0.3, 0.4) is 0 Å². The number of hydrogen-bond donors (Lipinski definition) is 3. The number of piperidine rings is 1. The molecule has 0 spiro atoms. The lowest BCUT2D eigenvalue weighted by Crippen LogP contribution is -2.36. The van der Waals surface area contributed by atoms with E-state index in [0.29, 0.717) is 36.4 Å². The number of benzene rings is 1. The summed E-state index contributed by atoms with van der Waals surface area (Å²) in [7, 11) is 1.62. The number of carboxylic acid groups (broad SMARTS) is 1. The number of aromatic nitrogens is 4. The molecule has 0 bridgehead atoms. The number of rotatable bonds is 5. The van der Waals surface area contributed by atoms with Crippen LogP contribution < -0.4 is 10.1 Å². The average molecular weight is 419 g/mol. The van der Waals surface area contributed by atoms with Gasteiger partial charge in [-0.2, -0.15) is 10.4 Å². The molecule has 3 N–H and O–H groups in total. The number of nitrogens with zero attached hydrogens (tertiary/aromatic N) is 5. The van der Waals surface area contributed by atoms with Gasteiger partial charge in [0.15, 0.2) is 11.5 Å². The number of hydrogen-bond acceptors (Lipinski definition) is 7. The van der Waals surface area contributed by atoms with Crippen LogP contribution in [0.15, 0.2) is 36.7 Å². The zero-order valence-electron chi connectivity index (χ0n) is 16.9. The Morgan fingerprint density at radius 1 is 1.26 bits per heavy atom. The zero-order chi connectivity index (χ0) is 21.8. The second-order valence-corrected chi connectivity index (χ2v) is 7.19. The predicted molar refractivity (Wildman–Crippen MR) is 112 cm³/mol. The van der Waals surface area contributed by atoms with Crippen LogP contribution in [0.25, 0.3) is 11.3 Å². The van der Waals surface area contributed by atoms with Gasteiger partial charge in [-0.15, -0.1) is 0 Å². The van der Waals surface area contributed by atoms with Crippen LogP contribution in [0.4, 0.5) is 16.4 Å². The number of H-pyrrole nitrogens is 1. The highest BCUT2D eigenvalue weighted by Crippen LogP contribution is 2.36. The molecule has 3 aromatic rings. The van der Waals surface area contributed by atoms with Crippen molar-refractivity contribution >= 4 is 17.7 Å². The number of carbonyl (C=O) groups is 1. The number of amides is 1. The van der Waals surface area contributed by atoms with Gasteiger partial charge in [-0.25, -0.2) is 14.8 Å². The van der Waals surface area contributed by atoms with E-state index in [9.17, 15) is 4.79 Å². The first-order chi connectivity index (χ1) is 15.1. The number of aromatic amines is 1. The molecule has 1 saturated heterocycles. The van der Waals surface area contributed by atoms with Crippen molar-refractivity contribution in [2.45, 2.75) is 18.8 Å². The Morgan fingerprint density at radius 2 is 2.06 bits per heavy atom. The number of methoxy groups -OCH3 is 1. The van der Waals surface area contributed by atoms with Crippen LogP contribution in [-0.4, -0.2) is 56.5 Å². The number of likely N-dealkylation sites (tertiary alicyclic amines) is 1. The van der Waals surface area contributed by atoms with Crippen LogP contribution in [0.5, 0.6) is 5.75 Å². The van der Waals surface area contributed by atoms with Crippen molar-refractivity contribution < 1.29 is 14.6 Å². The van der Waals surface area contributed by atoms with E-state index in [-0.39, 0.29) is 5.69 Å². The molecule has 0 saturated carbocycles. The van der Waals surface area contributed by atoms with E-state index in [0.717, 1.165) is 29.7 Å². The third kappa shape index (κ3) is 4.40. The minimum atomic E-state index is -0.859. The first-order valence-corrected chi connectivity index (χ1v) is 9.78. The van der Waals surface area contributed by atoms with Crippen LogP contribution in [0.1, 0.15) is 30.0 Å². The van der Waals surface area contributed by atoms with Crippen molar-refractivity contribution in [1.29, 1.82) is 5.26 Å². The highest BCUT2D eigenvalue weighted by molar-refractivity contribution is 5.71. The summed E-state index contributed by atoms with van der Waals surface area (Å²) in [6, 6.07) is 9.81. The molecule has 0 aliphatic carbocycles. The SMILES string of the molecule is COc1cc(C2CCN(C(=O)O)CC2)ccc1-c1cc(Nc2cnc(C#N)cn2)n[nH]1. The highest BCUT2D eigenvalue weighted by Gasteiger charge is 2.24. The Morgan fingerprint density at radius 3 is 2.71 bits per heavy atom. The molecule has 10 heteroatoms. The summed E-state index contributed by atoms with van der Waals surface area (Å²) in [5.74, 6) is 2.05. The van der Waals surface area contributed by atoms with Crippen molar-refractivity contribution in [3.63, 3.8) is 0 Å². The van der Waals surface area contributed by atoms with E-state index >= 15 is 0 Å². The van der Waals surface area contributed by atoms with Gasteiger partial charge in [0, 0.05) is 24.7 Å². The number of ether oxygens (including phenoxy) is 1. The zero-order valence-corrected chi connectivity index (χ0v) is 16.9. The Hall–Kier alpha value is -4.13. The van der Waals surface area contributed by atoms with Gasteiger partial charge < -0.3 is 20.1 Å². The lowest BCUT2D eigenvalue weighted by molar-refractivity contribution is 0.132. The summed E-state index contributed by atoms with van der Waals surface area (Å²) < 4.78 is 5.62. The van der Waals surface area contributed by atoms with E-state index in [1.165, 1.54) is 17.3 Å². The third-order valence-corrected chi connectivity index (χ3v) is 5.35. The van der Waals surface area contributed by atoms with Crippen molar-refractivity contribution in [3.05, 3.63) is 47.9 Å². The van der Waals surface area contributed by atoms with Crippen LogP contribution >= 0.6 is 0 Å². The molecule has 1 fully saturated rings. The average Bonchev–Trinajstić information content (AvgIpc) is 3.27. The molecule has 3 heterocycles. The highest BCUT2D eigenvalue weighted by atomic mass is 16.5. The Labute approximate surface area is 178 Å². The van der Waals surface area contributed by atoms with Crippen molar-refractivity contribution in [2.24, 2.45) is 0 Å². The lowest BCUT2D eigenvalue weighted by atomic mass is 9.88. The third-order valence-electron chi connectivity index (χ3n) is 5.35. The van der Waals surface area contributed by atoms with Crippen molar-refractivity contribution in [3.8, 4) is 23.1 Å². The summed E-state index contributed by atoms with van der Waals surface area (Å²) in [6.45, 7) is 1.08. The van der Waals surface area contributed by atoms with Gasteiger partial charge in [-0.05, 0) is 36.5 Å². The molecule has 0 radical (unpaired) electrons. The normalized spacial score (nSPS) is 14.1. The fourth-order valence-electron chi connectivity index (χ4n) is 3.69. The molecule has 4 rings (SSSR count). The fraction of sp³-hybridized carbons (Fsp3) is 0.286. The monoisotopic (exact) mass is 419 g/mol. The smallest absolute Gasteiger partial charge is 0.407 e. The molecular formula is C21H21N7O3. The van der Waals surface area contributed by atoms with Crippen LogP contribution in [0, 0.1) is 11.3 Å². The quantitative estimate of drug-likeness (QED) is 0.572. The maximum atomic E-state index is 11.1. The minimum absolute atomic E-state index is 0.242. The van der Waals surface area contributed by atoms with Gasteiger partial charge >= 0.3 is 6.09 Å². The van der Waals surface area contributed by atoms with Crippen molar-refractivity contribution in [2.75, 3.05) is 25.5 Å². The maximum absolute atomic E-state index is 11.1. The van der Waals surface area contributed by atoms with Gasteiger partial charge in [0.25, 0.3) is 0 Å². The number of anilines is 2. The topological polar surface area (TPSA) is 140 Å². The van der Waals surface area contributed by atoms with E-state index in [4.69, 9.17) is 15.1 Å². The van der Waals surface area contributed by atoms with Crippen LogP contribution in [0.2, 0.25) is 0 Å². The summed E-state index contributed by atoms with van der Waals surface area (Å²) in [5, 5.41) is 28.2. The van der Waals surface area contributed by atoms with E-state index in [1.54, 1.807) is 7.11 Å². The first-order valence-electron chi connectivity index (χ1n) is 9.78. The molecular weight excluding hydrogens is 398 g/mol. The number of nitriles is 1. The summed E-state index contributed by atoms with van der Waals surface area (Å²) in [6.07, 6.45) is 3.58. The fourth-order valence-corrected chi connectivity index (χ4v) is 3.69. The minimum Gasteiger partial charge on any atom is -0.496 e. The standard InChI is InChI=1S/C21H21N7O3/c1-31-18-8-14(13-4-6-28(7-5-13)21(29)30)2-3-16(18)17-9-19(27-26-17)25-20-12-23-15(10-22)11-24-20/h2-3,8-9,11-13H,4-7H2,1H3,(H,29,30)(H2,24,25,26,27). The van der Waals surface area contributed by atoms with Crippen LogP contribution in [-0.2, 0) is 0 Å². The summed E-state index contributed by atoms with van der Waals surface area (Å²) in [5.41, 5.74) is 3.01. The Bertz CT molecular complexity index is 1110. The molecule has 31 heavy (non-hydrogen) atoms. The van der Waals surface area contributed by atoms with Gasteiger partial charge in [-0.1, -0.05) is 6.07 Å². The van der Waals surface area contributed by atoms with Gasteiger partial charge in [0.1, 0.15) is 17.6 Å². The van der Waals surface area contributed by atoms with E-state index < -0.39 is 6.09 Å². The van der Waals surface area contributed by atoms with Gasteiger partial charge in [0.05, 0.1) is 25.2 Å². The molecule has 0 atom stereocenters. The Balaban J connectivity index is 1.49. The molecule has 10 nitrogen and oxygen atoms in total. The molecule has 1 aliphatic rings. The second-order valence-electron chi connectivity index (χ2n) is 7.19. The predicted octanol–water partition coefficient (Wildman–Crippen LogP) is 3.35. The first kappa shape index (κ1) is 20.2. The lowest BCUT2D eigenvalue weighted by Gasteiger charge is -2.30. The van der Waals surface area contributed by atoms with Gasteiger partial charge in [0.2, 0.25) is 0 Å². The molecule has 2 aromatic heterocycles.